The molecule has 1 unspecified atom stereocenters. The van der Waals surface area contributed by atoms with Gasteiger partial charge in [0.1, 0.15) is 11.2 Å². The molecule has 1 atom stereocenters. The summed E-state index contributed by atoms with van der Waals surface area (Å²) in [6.45, 7) is 6.59. The van der Waals surface area contributed by atoms with Gasteiger partial charge in [-0.3, -0.25) is 9.59 Å². The second-order valence-electron chi connectivity index (χ2n) is 9.81. The molecule has 0 aliphatic heterocycles. The zero-order valence-electron chi connectivity index (χ0n) is 21.0. The molecule has 2 heterocycles. The molecular weight excluding hydrogens is 507 g/mol. The monoisotopic (exact) mass is 535 g/mol. The molecule has 0 spiro atoms. The van der Waals surface area contributed by atoms with E-state index in [0.29, 0.717) is 17.8 Å². The highest BCUT2D eigenvalue weighted by Gasteiger charge is 2.24. The van der Waals surface area contributed by atoms with Gasteiger partial charge in [-0.05, 0) is 47.4 Å². The van der Waals surface area contributed by atoms with Crippen LogP contribution < -0.4 is 10.7 Å². The van der Waals surface area contributed by atoms with Crippen molar-refractivity contribution < 1.29 is 18.7 Å². The van der Waals surface area contributed by atoms with E-state index in [9.17, 15) is 23.5 Å². The molecule has 196 valence electrons. The summed E-state index contributed by atoms with van der Waals surface area (Å²) in [7, 11) is 1.36. The number of nitrogens with one attached hydrogen (secondary N) is 1. The van der Waals surface area contributed by atoms with Crippen LogP contribution in [0.1, 0.15) is 29.8 Å². The highest BCUT2D eigenvalue weighted by Crippen LogP contribution is 2.30. The summed E-state index contributed by atoms with van der Waals surface area (Å²) in [6.07, 6.45) is 3.50. The summed E-state index contributed by atoms with van der Waals surface area (Å²) in [5.41, 5.74) is -0.646. The smallest absolute Gasteiger partial charge is 0.275 e. The molecule has 9 heteroatoms. The fourth-order valence-corrected chi connectivity index (χ4v) is 4.18. The van der Waals surface area contributed by atoms with E-state index in [1.807, 2.05) is 62.4 Å². The maximum atomic E-state index is 13.3. The van der Waals surface area contributed by atoms with E-state index in [2.05, 4.69) is 16.9 Å². The number of pyridine rings is 2. The Labute approximate surface area is 221 Å². The number of aromatic nitrogens is 2. The van der Waals surface area contributed by atoms with Crippen LogP contribution >= 0.6 is 9.24 Å². The van der Waals surface area contributed by atoms with Gasteiger partial charge in [0.2, 0.25) is 5.43 Å². The van der Waals surface area contributed by atoms with E-state index in [1.165, 1.54) is 21.6 Å². The number of nitrogens with zero attached hydrogens (tertiary/aromatic N) is 2. The minimum absolute atomic E-state index is 0.131. The molecule has 0 radical (unpaired) electrons. The fraction of sp³-hybridized carbons (Fsp3) is 0.207. The van der Waals surface area contributed by atoms with Gasteiger partial charge in [-0.1, -0.05) is 66.1 Å². The Morgan fingerprint density at radius 1 is 1.11 bits per heavy atom. The van der Waals surface area contributed by atoms with E-state index in [4.69, 9.17) is 0 Å². The summed E-state index contributed by atoms with van der Waals surface area (Å²) < 4.78 is 28.2. The van der Waals surface area contributed by atoms with Gasteiger partial charge < -0.3 is 15.0 Å². The number of hydrogen-bond acceptors (Lipinski definition) is 4. The highest BCUT2D eigenvalue weighted by atomic mass is 31.0. The number of carbonyl (C=O) groups is 1. The lowest BCUT2D eigenvalue weighted by atomic mass is 9.84. The van der Waals surface area contributed by atoms with Crippen LogP contribution in [0.5, 0.6) is 0 Å². The molecule has 4 aromatic rings. The Balaban J connectivity index is 1.73. The number of rotatable bonds is 8. The van der Waals surface area contributed by atoms with Gasteiger partial charge in [-0.15, -0.1) is 0 Å². The standard InChI is InChI=1S/C29H28F2N3O3P/c1-18(35)28(2,3)15-19-9-11-20(12-10-19)21-6-4-7-22(14-21)34-16-24(27(37)33-17-29(30,31)38)25(36)23-8-5-13-32-26(23)34/h4-14,16,35H,1,15,17,38H2,2-3H3,(H,33,37). The number of amides is 1. The molecule has 0 saturated carbocycles. The Kier molecular flexibility index (Phi) is 7.47. The first-order valence-electron chi connectivity index (χ1n) is 11.9. The number of carbonyl (C=O) groups excluding carboxylic acids is 1. The van der Waals surface area contributed by atoms with Crippen molar-refractivity contribution >= 4 is 26.2 Å². The molecule has 6 nitrogen and oxygen atoms in total. The SMILES string of the molecule is C=C(O)C(C)(C)Cc1ccc(-c2cccc(-n3cc(C(=O)NCC(F)(F)P)c(=O)c4cccnc43)c2)cc1. The van der Waals surface area contributed by atoms with Crippen LogP contribution in [-0.2, 0) is 6.42 Å². The van der Waals surface area contributed by atoms with Gasteiger partial charge in [0.15, 0.2) is 0 Å². The van der Waals surface area contributed by atoms with Gasteiger partial charge >= 0.3 is 0 Å². The lowest BCUT2D eigenvalue weighted by molar-refractivity contribution is 0.0804. The van der Waals surface area contributed by atoms with Crippen LogP contribution in [0.3, 0.4) is 0 Å². The quantitative estimate of drug-likeness (QED) is 0.218. The van der Waals surface area contributed by atoms with Crippen LogP contribution in [0.4, 0.5) is 8.78 Å². The summed E-state index contributed by atoms with van der Waals surface area (Å²) in [4.78, 5) is 30.1. The van der Waals surface area contributed by atoms with Gasteiger partial charge in [-0.2, -0.15) is 0 Å². The third-order valence-electron chi connectivity index (χ3n) is 6.33. The van der Waals surface area contributed by atoms with Crippen molar-refractivity contribution in [3.63, 3.8) is 0 Å². The van der Waals surface area contributed by atoms with Gasteiger partial charge in [0.05, 0.1) is 17.7 Å². The molecule has 1 amide bonds. The summed E-state index contributed by atoms with van der Waals surface area (Å²) in [5, 5.41) is 12.2. The molecule has 2 N–H and O–H groups in total. The average Bonchev–Trinajstić information content (AvgIpc) is 2.87. The van der Waals surface area contributed by atoms with Gasteiger partial charge in [0, 0.05) is 23.5 Å². The fourth-order valence-electron chi connectivity index (χ4n) is 4.07. The molecule has 0 fully saturated rings. The Morgan fingerprint density at radius 3 is 2.47 bits per heavy atom. The second-order valence-corrected chi connectivity index (χ2v) is 10.7. The van der Waals surface area contributed by atoms with E-state index < -0.39 is 29.0 Å². The van der Waals surface area contributed by atoms with Crippen molar-refractivity contribution in [2.45, 2.75) is 25.9 Å². The van der Waals surface area contributed by atoms with Crippen molar-refractivity contribution in [3.8, 4) is 16.8 Å². The predicted octanol–water partition coefficient (Wildman–Crippen LogP) is 5.89. The molecule has 2 aromatic carbocycles. The lowest BCUT2D eigenvalue weighted by Crippen LogP contribution is -2.35. The number of aliphatic hydroxyl groups excluding tert-OH is 1. The number of benzene rings is 2. The number of allylic oxidation sites excluding steroid dienone is 1. The first kappa shape index (κ1) is 27.1. The maximum absolute atomic E-state index is 13.3. The lowest BCUT2D eigenvalue weighted by Gasteiger charge is -2.23. The van der Waals surface area contributed by atoms with Gasteiger partial charge in [0.25, 0.3) is 11.6 Å². The molecule has 38 heavy (non-hydrogen) atoms. The van der Waals surface area contributed by atoms with Crippen LogP contribution in [0, 0.1) is 5.41 Å². The van der Waals surface area contributed by atoms with E-state index in [0.717, 1.165) is 16.7 Å². The van der Waals surface area contributed by atoms with Crippen molar-refractivity contribution in [3.05, 3.63) is 107 Å². The third-order valence-corrected chi connectivity index (χ3v) is 6.53. The molecule has 0 saturated heterocycles. The molecule has 0 aliphatic rings. The largest absolute Gasteiger partial charge is 0.512 e. The van der Waals surface area contributed by atoms with Crippen molar-refractivity contribution in [2.24, 2.45) is 5.41 Å². The zero-order valence-corrected chi connectivity index (χ0v) is 22.2. The van der Waals surface area contributed by atoms with Crippen molar-refractivity contribution in [1.82, 2.24) is 14.9 Å². The van der Waals surface area contributed by atoms with Crippen LogP contribution in [-0.4, -0.2) is 32.8 Å². The first-order valence-corrected chi connectivity index (χ1v) is 12.5. The molecule has 4 rings (SSSR count). The van der Waals surface area contributed by atoms with Crippen LogP contribution in [0.15, 0.2) is 90.2 Å². The van der Waals surface area contributed by atoms with Crippen LogP contribution in [0.25, 0.3) is 27.8 Å². The second kappa shape index (κ2) is 10.5. The summed E-state index contributed by atoms with van der Waals surface area (Å²) in [5.74, 6) is -0.761. The van der Waals surface area contributed by atoms with E-state index >= 15 is 0 Å². The molecular formula is C29H28F2N3O3P. The molecule has 0 aliphatic carbocycles. The Bertz CT molecular complexity index is 1580. The van der Waals surface area contributed by atoms with Gasteiger partial charge in [-0.25, -0.2) is 13.8 Å². The zero-order chi connectivity index (χ0) is 27.7. The number of aliphatic hydroxyl groups is 1. The van der Waals surface area contributed by atoms with Crippen molar-refractivity contribution in [1.29, 1.82) is 0 Å². The number of alkyl halides is 2. The molecule has 0 bridgehead atoms. The predicted molar refractivity (Wildman–Crippen MR) is 149 cm³/mol. The average molecular weight is 536 g/mol. The third kappa shape index (κ3) is 5.97. The maximum Gasteiger partial charge on any atom is 0.275 e. The van der Waals surface area contributed by atoms with Crippen molar-refractivity contribution in [2.75, 3.05) is 6.54 Å². The van der Waals surface area contributed by atoms with Crippen LogP contribution in [0.2, 0.25) is 0 Å². The number of fused-ring (bicyclic) bond motifs is 1. The minimum Gasteiger partial charge on any atom is -0.512 e. The topological polar surface area (TPSA) is 84.2 Å². The van der Waals surface area contributed by atoms with E-state index in [1.54, 1.807) is 16.7 Å². The first-order chi connectivity index (χ1) is 17.9. The molecule has 2 aromatic heterocycles. The number of halogens is 2. The Morgan fingerprint density at radius 2 is 1.82 bits per heavy atom. The Hall–Kier alpha value is -3.90. The normalized spacial score (nSPS) is 11.9. The highest BCUT2D eigenvalue weighted by molar-refractivity contribution is 7.18. The number of hydrogen-bond donors (Lipinski definition) is 2. The van der Waals surface area contributed by atoms with E-state index in [-0.39, 0.29) is 16.7 Å². The summed E-state index contributed by atoms with van der Waals surface area (Å²) >= 11 is 0. The summed E-state index contributed by atoms with van der Waals surface area (Å²) in [6, 6.07) is 18.6. The minimum atomic E-state index is -3.20.